The van der Waals surface area contributed by atoms with Gasteiger partial charge >= 0.3 is 0 Å². The monoisotopic (exact) mass is 386 g/mol. The fourth-order valence-corrected chi connectivity index (χ4v) is 2.27. The molecule has 1 aromatic heterocycles. The molecule has 0 saturated carbocycles. The number of aromatic nitrogens is 2. The van der Waals surface area contributed by atoms with E-state index >= 15 is 0 Å². The van der Waals surface area contributed by atoms with Gasteiger partial charge in [0.15, 0.2) is 23.2 Å². The zero-order chi connectivity index (χ0) is 20.3. The van der Waals surface area contributed by atoms with Crippen molar-refractivity contribution in [2.75, 3.05) is 10.6 Å². The van der Waals surface area contributed by atoms with Crippen molar-refractivity contribution in [1.82, 2.24) is 9.97 Å². The second-order valence-corrected chi connectivity index (χ2v) is 5.70. The molecule has 0 unspecified atom stereocenters. The molecule has 0 atom stereocenters. The molecule has 1 amide bonds. The number of nitrogens with zero attached hydrogens (tertiary/aromatic N) is 2. The summed E-state index contributed by atoms with van der Waals surface area (Å²) in [4.78, 5) is 31.5. The number of anilines is 3. The topological polar surface area (TPSA) is 84.0 Å². The number of nitrogens with one attached hydrogen (secondary N) is 2. The van der Waals surface area contributed by atoms with Gasteiger partial charge in [-0.25, -0.2) is 23.1 Å². The lowest BCUT2D eigenvalue weighted by atomic mass is 10.1. The Morgan fingerprint density at radius 2 is 1.64 bits per heavy atom. The summed E-state index contributed by atoms with van der Waals surface area (Å²) in [7, 11) is 0. The van der Waals surface area contributed by atoms with E-state index in [1.165, 1.54) is 19.2 Å². The van der Waals surface area contributed by atoms with Gasteiger partial charge in [0.1, 0.15) is 5.69 Å². The normalized spacial score (nSPS) is 10.4. The van der Waals surface area contributed by atoms with E-state index in [1.807, 2.05) is 0 Å². The summed E-state index contributed by atoms with van der Waals surface area (Å²) in [5.41, 5.74) is 0.473. The highest BCUT2D eigenvalue weighted by Gasteiger charge is 2.17. The van der Waals surface area contributed by atoms with Crippen molar-refractivity contribution < 1.29 is 22.8 Å². The minimum atomic E-state index is -1.68. The van der Waals surface area contributed by atoms with Gasteiger partial charge in [0.25, 0.3) is 5.91 Å². The van der Waals surface area contributed by atoms with Crippen LogP contribution in [-0.2, 0) is 0 Å². The first kappa shape index (κ1) is 19.0. The van der Waals surface area contributed by atoms with E-state index < -0.39 is 29.0 Å². The first-order valence-electron chi connectivity index (χ1n) is 8.01. The van der Waals surface area contributed by atoms with E-state index in [4.69, 9.17) is 0 Å². The SMILES string of the molecule is CC(=O)c1ccc(Nc2nccc(C(=O)Nc3ccc(F)c(F)c3F)n2)cc1. The molecule has 1 heterocycles. The van der Waals surface area contributed by atoms with Crippen LogP contribution in [0.25, 0.3) is 0 Å². The predicted molar refractivity (Wildman–Crippen MR) is 96.0 cm³/mol. The van der Waals surface area contributed by atoms with Crippen LogP contribution in [0.1, 0.15) is 27.8 Å². The van der Waals surface area contributed by atoms with Crippen molar-refractivity contribution in [3.8, 4) is 0 Å². The number of carbonyl (C=O) groups is 2. The molecule has 9 heteroatoms. The standard InChI is InChI=1S/C19H13F3N4O2/c1-10(27)11-2-4-12(5-3-11)24-19-23-9-8-15(26-19)18(28)25-14-7-6-13(20)16(21)17(14)22/h2-9H,1H3,(H,25,28)(H,23,24,26). The number of halogens is 3. The van der Waals surface area contributed by atoms with Crippen molar-refractivity contribution in [2.24, 2.45) is 0 Å². The molecule has 0 saturated heterocycles. The molecule has 0 fully saturated rings. The van der Waals surface area contributed by atoms with Gasteiger partial charge in [-0.1, -0.05) is 0 Å². The molecule has 6 nitrogen and oxygen atoms in total. The van der Waals surface area contributed by atoms with Crippen LogP contribution in [0.3, 0.4) is 0 Å². The smallest absolute Gasteiger partial charge is 0.274 e. The van der Waals surface area contributed by atoms with E-state index in [0.717, 1.165) is 6.07 Å². The van der Waals surface area contributed by atoms with Gasteiger partial charge in [0, 0.05) is 17.4 Å². The molecule has 0 aliphatic rings. The Morgan fingerprint density at radius 1 is 0.929 bits per heavy atom. The summed E-state index contributed by atoms with van der Waals surface area (Å²) >= 11 is 0. The fourth-order valence-electron chi connectivity index (χ4n) is 2.27. The maximum atomic E-state index is 13.7. The van der Waals surface area contributed by atoms with Gasteiger partial charge in [-0.15, -0.1) is 0 Å². The van der Waals surface area contributed by atoms with E-state index in [-0.39, 0.29) is 17.4 Å². The Balaban J connectivity index is 1.76. The highest BCUT2D eigenvalue weighted by atomic mass is 19.2. The van der Waals surface area contributed by atoms with E-state index in [2.05, 4.69) is 20.6 Å². The zero-order valence-corrected chi connectivity index (χ0v) is 14.5. The Hall–Kier alpha value is -3.75. The average Bonchev–Trinajstić information content (AvgIpc) is 2.69. The van der Waals surface area contributed by atoms with E-state index in [0.29, 0.717) is 17.3 Å². The van der Waals surface area contributed by atoms with Crippen LogP contribution in [-0.4, -0.2) is 21.7 Å². The summed E-state index contributed by atoms with van der Waals surface area (Å²) in [5, 5.41) is 4.99. The third-order valence-electron chi connectivity index (χ3n) is 3.72. The Kier molecular flexibility index (Phi) is 5.35. The number of rotatable bonds is 5. The second kappa shape index (κ2) is 7.87. The minimum Gasteiger partial charge on any atom is -0.324 e. The molecule has 3 rings (SSSR count). The van der Waals surface area contributed by atoms with E-state index in [1.54, 1.807) is 24.3 Å². The summed E-state index contributed by atoms with van der Waals surface area (Å²) in [6, 6.07) is 9.40. The molecule has 0 bridgehead atoms. The third kappa shape index (κ3) is 4.14. The number of hydrogen-bond donors (Lipinski definition) is 2. The van der Waals surface area contributed by atoms with Gasteiger partial charge in [0.2, 0.25) is 5.95 Å². The first-order valence-corrected chi connectivity index (χ1v) is 8.01. The maximum Gasteiger partial charge on any atom is 0.274 e. The number of hydrogen-bond acceptors (Lipinski definition) is 5. The van der Waals surface area contributed by atoms with Gasteiger partial charge in [-0.3, -0.25) is 9.59 Å². The van der Waals surface area contributed by atoms with Crippen LogP contribution in [0.4, 0.5) is 30.5 Å². The molecule has 0 aliphatic heterocycles. The van der Waals surface area contributed by atoms with Crippen molar-refractivity contribution >= 4 is 29.0 Å². The van der Waals surface area contributed by atoms with Crippen LogP contribution in [0.5, 0.6) is 0 Å². The van der Waals surface area contributed by atoms with Gasteiger partial charge < -0.3 is 10.6 Å². The quantitative estimate of drug-likeness (QED) is 0.510. The summed E-state index contributed by atoms with van der Waals surface area (Å²) in [5.74, 6) is -5.38. The maximum absolute atomic E-state index is 13.7. The first-order chi connectivity index (χ1) is 13.3. The molecule has 3 aromatic rings. The number of benzene rings is 2. The van der Waals surface area contributed by atoms with Crippen molar-refractivity contribution in [1.29, 1.82) is 0 Å². The Bertz CT molecular complexity index is 1060. The molecule has 28 heavy (non-hydrogen) atoms. The van der Waals surface area contributed by atoms with Gasteiger partial charge in [-0.2, -0.15) is 0 Å². The summed E-state index contributed by atoms with van der Waals surface area (Å²) in [6.07, 6.45) is 1.30. The molecule has 2 N–H and O–H groups in total. The summed E-state index contributed by atoms with van der Waals surface area (Å²) in [6.45, 7) is 1.45. The largest absolute Gasteiger partial charge is 0.324 e. The van der Waals surface area contributed by atoms with Crippen LogP contribution in [0.2, 0.25) is 0 Å². The van der Waals surface area contributed by atoms with Gasteiger partial charge in [0.05, 0.1) is 5.69 Å². The molecule has 0 aliphatic carbocycles. The summed E-state index contributed by atoms with van der Waals surface area (Å²) < 4.78 is 39.9. The zero-order valence-electron chi connectivity index (χ0n) is 14.5. The van der Waals surface area contributed by atoms with Crippen molar-refractivity contribution in [2.45, 2.75) is 6.92 Å². The molecule has 0 spiro atoms. The Labute approximate surface area is 157 Å². The van der Waals surface area contributed by atoms with Crippen LogP contribution < -0.4 is 10.6 Å². The molecular formula is C19H13F3N4O2. The van der Waals surface area contributed by atoms with E-state index in [9.17, 15) is 22.8 Å². The van der Waals surface area contributed by atoms with Crippen LogP contribution in [0, 0.1) is 17.5 Å². The van der Waals surface area contributed by atoms with Gasteiger partial charge in [-0.05, 0) is 49.4 Å². The number of ketones is 1. The van der Waals surface area contributed by atoms with Crippen LogP contribution >= 0.6 is 0 Å². The number of carbonyl (C=O) groups excluding carboxylic acids is 2. The van der Waals surface area contributed by atoms with Crippen LogP contribution in [0.15, 0.2) is 48.7 Å². The third-order valence-corrected chi connectivity index (χ3v) is 3.72. The number of amides is 1. The molecule has 2 aromatic carbocycles. The lowest BCUT2D eigenvalue weighted by molar-refractivity contribution is 0.101. The lowest BCUT2D eigenvalue weighted by Crippen LogP contribution is -2.16. The fraction of sp³-hybridized carbons (Fsp3) is 0.0526. The lowest BCUT2D eigenvalue weighted by Gasteiger charge is -2.09. The highest BCUT2D eigenvalue weighted by molar-refractivity contribution is 6.03. The molecule has 0 radical (unpaired) electrons. The predicted octanol–water partition coefficient (Wildman–Crippen LogP) is 4.09. The average molecular weight is 386 g/mol. The van der Waals surface area contributed by atoms with Crippen molar-refractivity contribution in [3.63, 3.8) is 0 Å². The molecule has 142 valence electrons. The number of Topliss-reactive ketones (excluding diaryl/α,β-unsaturated/α-hetero) is 1. The molecular weight excluding hydrogens is 373 g/mol. The minimum absolute atomic E-state index is 0.0778. The van der Waals surface area contributed by atoms with Crippen molar-refractivity contribution in [3.05, 3.63) is 77.4 Å². The highest BCUT2D eigenvalue weighted by Crippen LogP contribution is 2.20. The Morgan fingerprint density at radius 3 is 2.32 bits per heavy atom. The second-order valence-electron chi connectivity index (χ2n) is 5.70.